The zero-order valence-electron chi connectivity index (χ0n) is 10.6. The normalized spacial score (nSPS) is 13.6. The number of benzene rings is 1. The van der Waals surface area contributed by atoms with Gasteiger partial charge in [-0.25, -0.2) is 4.98 Å². The zero-order valence-corrected chi connectivity index (χ0v) is 13.0. The van der Waals surface area contributed by atoms with Gasteiger partial charge in [0.15, 0.2) is 0 Å². The Kier molecular flexibility index (Phi) is 3.90. The van der Waals surface area contributed by atoms with Crippen LogP contribution in [0.2, 0.25) is 0 Å². The third kappa shape index (κ3) is 2.82. The van der Waals surface area contributed by atoms with Crippen molar-refractivity contribution in [1.29, 1.82) is 0 Å². The second-order valence-corrected chi connectivity index (χ2v) is 6.92. The van der Waals surface area contributed by atoms with Gasteiger partial charge in [0.05, 0.1) is 10.4 Å². The molecule has 1 heterocycles. The molecular formula is C14H16BrNOS. The molecular weight excluding hydrogens is 310 g/mol. The molecule has 0 radical (unpaired) electrons. The van der Waals surface area contributed by atoms with E-state index in [4.69, 9.17) is 0 Å². The third-order valence-corrected chi connectivity index (χ3v) is 4.67. The Morgan fingerprint density at radius 1 is 1.22 bits per heavy atom. The Balaban J connectivity index is 2.28. The number of aliphatic hydroxyl groups excluding tert-OH is 1. The van der Waals surface area contributed by atoms with E-state index in [9.17, 15) is 5.11 Å². The molecule has 0 aliphatic rings. The number of aliphatic hydroxyl groups is 1. The minimum Gasteiger partial charge on any atom is -0.383 e. The van der Waals surface area contributed by atoms with Crippen LogP contribution in [0.5, 0.6) is 0 Å². The molecule has 18 heavy (non-hydrogen) atoms. The van der Waals surface area contributed by atoms with Gasteiger partial charge in [0.25, 0.3) is 0 Å². The summed E-state index contributed by atoms with van der Waals surface area (Å²) in [5.41, 5.74) is 4.02. The van der Waals surface area contributed by atoms with Crippen LogP contribution in [-0.4, -0.2) is 10.1 Å². The molecule has 1 atom stereocenters. The van der Waals surface area contributed by atoms with Crippen LogP contribution >= 0.6 is 27.3 Å². The number of halogens is 1. The van der Waals surface area contributed by atoms with Crippen molar-refractivity contribution in [2.75, 3.05) is 0 Å². The highest BCUT2D eigenvalue weighted by atomic mass is 79.9. The molecule has 2 aromatic rings. The third-order valence-electron chi connectivity index (χ3n) is 2.89. The molecule has 0 fully saturated rings. The number of hydrogen-bond acceptors (Lipinski definition) is 3. The molecule has 0 aliphatic heterocycles. The van der Waals surface area contributed by atoms with Gasteiger partial charge >= 0.3 is 0 Å². The van der Waals surface area contributed by atoms with E-state index < -0.39 is 6.10 Å². The Morgan fingerprint density at radius 2 is 1.83 bits per heavy atom. The van der Waals surface area contributed by atoms with Crippen LogP contribution in [-0.2, 0) is 5.41 Å². The van der Waals surface area contributed by atoms with Crippen molar-refractivity contribution in [3.05, 3.63) is 50.4 Å². The summed E-state index contributed by atoms with van der Waals surface area (Å²) in [6.07, 6.45) is -0.610. The second kappa shape index (κ2) is 5.11. The first-order valence-electron chi connectivity index (χ1n) is 5.77. The molecule has 1 unspecified atom stereocenters. The fourth-order valence-electron chi connectivity index (χ4n) is 1.74. The minimum atomic E-state index is -0.610. The van der Waals surface area contributed by atoms with E-state index in [0.717, 1.165) is 15.0 Å². The zero-order chi connectivity index (χ0) is 13.3. The SMILES string of the molecule is CC(C)(C)c1ccc(C(O)c2scnc2Br)cc1. The highest BCUT2D eigenvalue weighted by Crippen LogP contribution is 2.32. The van der Waals surface area contributed by atoms with E-state index in [1.165, 1.54) is 16.9 Å². The molecule has 0 spiro atoms. The molecule has 0 saturated heterocycles. The van der Waals surface area contributed by atoms with Crippen molar-refractivity contribution in [2.24, 2.45) is 0 Å². The van der Waals surface area contributed by atoms with Gasteiger partial charge in [-0.1, -0.05) is 45.0 Å². The molecule has 0 aliphatic carbocycles. The molecule has 2 nitrogen and oxygen atoms in total. The highest BCUT2D eigenvalue weighted by Gasteiger charge is 2.18. The van der Waals surface area contributed by atoms with Gasteiger partial charge < -0.3 is 5.11 Å². The lowest BCUT2D eigenvalue weighted by Gasteiger charge is -2.19. The van der Waals surface area contributed by atoms with Crippen LogP contribution in [0.3, 0.4) is 0 Å². The topological polar surface area (TPSA) is 33.1 Å². The summed E-state index contributed by atoms with van der Waals surface area (Å²) in [5.74, 6) is 0. The van der Waals surface area contributed by atoms with Crippen LogP contribution < -0.4 is 0 Å². The average Bonchev–Trinajstić information content (AvgIpc) is 2.73. The van der Waals surface area contributed by atoms with E-state index in [-0.39, 0.29) is 5.41 Å². The Morgan fingerprint density at radius 3 is 2.28 bits per heavy atom. The van der Waals surface area contributed by atoms with E-state index in [1.54, 1.807) is 5.51 Å². The number of nitrogens with zero attached hydrogens (tertiary/aromatic N) is 1. The lowest BCUT2D eigenvalue weighted by Crippen LogP contribution is -2.11. The molecule has 1 N–H and O–H groups in total. The molecule has 96 valence electrons. The molecule has 4 heteroatoms. The van der Waals surface area contributed by atoms with Crippen LogP contribution in [0, 0.1) is 0 Å². The van der Waals surface area contributed by atoms with Crippen molar-refractivity contribution < 1.29 is 5.11 Å². The predicted molar refractivity (Wildman–Crippen MR) is 79.0 cm³/mol. The fourth-order valence-corrected chi connectivity index (χ4v) is 3.16. The summed E-state index contributed by atoms with van der Waals surface area (Å²) in [6.45, 7) is 6.54. The Bertz CT molecular complexity index is 527. The number of rotatable bonds is 2. The number of hydrogen-bond donors (Lipinski definition) is 1. The molecule has 0 bridgehead atoms. The summed E-state index contributed by atoms with van der Waals surface area (Å²) in [5, 5.41) is 10.3. The van der Waals surface area contributed by atoms with Gasteiger partial charge in [0.1, 0.15) is 10.7 Å². The van der Waals surface area contributed by atoms with E-state index >= 15 is 0 Å². The lowest BCUT2D eigenvalue weighted by molar-refractivity contribution is 0.223. The molecule has 2 rings (SSSR count). The first-order chi connectivity index (χ1) is 8.39. The van der Waals surface area contributed by atoms with E-state index in [1.807, 2.05) is 12.1 Å². The fraction of sp³-hybridized carbons (Fsp3) is 0.357. The maximum absolute atomic E-state index is 10.3. The van der Waals surface area contributed by atoms with Gasteiger partial charge in [-0.2, -0.15) is 0 Å². The van der Waals surface area contributed by atoms with Gasteiger partial charge in [-0.05, 0) is 32.5 Å². The Labute approximate surface area is 120 Å². The summed E-state index contributed by atoms with van der Waals surface area (Å²) in [6, 6.07) is 8.12. The molecule has 0 amide bonds. The van der Waals surface area contributed by atoms with Crippen molar-refractivity contribution in [2.45, 2.75) is 32.3 Å². The van der Waals surface area contributed by atoms with Crippen molar-refractivity contribution in [3.8, 4) is 0 Å². The van der Waals surface area contributed by atoms with Gasteiger partial charge in [0.2, 0.25) is 0 Å². The molecule has 1 aromatic carbocycles. The van der Waals surface area contributed by atoms with E-state index in [0.29, 0.717) is 0 Å². The molecule has 1 aromatic heterocycles. The summed E-state index contributed by atoms with van der Waals surface area (Å²) >= 11 is 4.80. The van der Waals surface area contributed by atoms with Gasteiger partial charge in [-0.3, -0.25) is 0 Å². The highest BCUT2D eigenvalue weighted by molar-refractivity contribution is 9.10. The number of thiazole rings is 1. The van der Waals surface area contributed by atoms with Crippen LogP contribution in [0.15, 0.2) is 34.4 Å². The lowest BCUT2D eigenvalue weighted by atomic mass is 9.86. The van der Waals surface area contributed by atoms with Crippen molar-refractivity contribution in [1.82, 2.24) is 4.98 Å². The number of aromatic nitrogens is 1. The summed E-state index contributed by atoms with van der Waals surface area (Å²) < 4.78 is 0.722. The largest absolute Gasteiger partial charge is 0.383 e. The average molecular weight is 326 g/mol. The van der Waals surface area contributed by atoms with Crippen LogP contribution in [0.1, 0.15) is 42.9 Å². The maximum Gasteiger partial charge on any atom is 0.123 e. The van der Waals surface area contributed by atoms with Crippen LogP contribution in [0.25, 0.3) is 0 Å². The maximum atomic E-state index is 10.3. The predicted octanol–water partition coefficient (Wildman–Crippen LogP) is 4.28. The summed E-state index contributed by atoms with van der Waals surface area (Å²) in [7, 11) is 0. The summed E-state index contributed by atoms with van der Waals surface area (Å²) in [4.78, 5) is 4.94. The standard InChI is InChI=1S/C14H16BrNOS/c1-14(2,3)10-6-4-9(5-7-10)11(17)12-13(15)16-8-18-12/h4-8,11,17H,1-3H3. The van der Waals surface area contributed by atoms with Crippen molar-refractivity contribution >= 4 is 27.3 Å². The first kappa shape index (κ1) is 13.7. The van der Waals surface area contributed by atoms with Gasteiger partial charge in [-0.15, -0.1) is 11.3 Å². The van der Waals surface area contributed by atoms with Crippen molar-refractivity contribution in [3.63, 3.8) is 0 Å². The molecule has 0 saturated carbocycles. The monoisotopic (exact) mass is 325 g/mol. The minimum absolute atomic E-state index is 0.133. The quantitative estimate of drug-likeness (QED) is 0.893. The van der Waals surface area contributed by atoms with E-state index in [2.05, 4.69) is 53.8 Å². The van der Waals surface area contributed by atoms with Crippen LogP contribution in [0.4, 0.5) is 0 Å². The first-order valence-corrected chi connectivity index (χ1v) is 7.44. The Hall–Kier alpha value is -0.710. The second-order valence-electron chi connectivity index (χ2n) is 5.28. The smallest absolute Gasteiger partial charge is 0.123 e. The van der Waals surface area contributed by atoms with Gasteiger partial charge in [0, 0.05) is 0 Å².